The van der Waals surface area contributed by atoms with Crippen molar-refractivity contribution in [3.8, 4) is 5.88 Å². The zero-order valence-electron chi connectivity index (χ0n) is 18.8. The van der Waals surface area contributed by atoms with E-state index in [0.717, 1.165) is 29.7 Å². The molecule has 2 aromatic heterocycles. The van der Waals surface area contributed by atoms with Gasteiger partial charge in [0.2, 0.25) is 5.88 Å². The SMILES string of the molecule is CCCc1cc(C(=O)Nc2cnc(OC)c(S(=O)(=O)Nc3c(C)cccc3C)c2)n(C)n1. The predicted molar refractivity (Wildman–Crippen MR) is 123 cm³/mol. The van der Waals surface area contributed by atoms with E-state index in [1.807, 2.05) is 39.0 Å². The smallest absolute Gasteiger partial charge is 0.273 e. The molecule has 1 aromatic carbocycles. The summed E-state index contributed by atoms with van der Waals surface area (Å²) in [5.41, 5.74) is 3.45. The largest absolute Gasteiger partial charge is 0.480 e. The average molecular weight is 458 g/mol. The first-order valence-electron chi connectivity index (χ1n) is 10.1. The lowest BCUT2D eigenvalue weighted by Crippen LogP contribution is -2.19. The van der Waals surface area contributed by atoms with Gasteiger partial charge in [-0.2, -0.15) is 5.10 Å². The molecule has 0 fully saturated rings. The minimum absolute atomic E-state index is 0.0764. The van der Waals surface area contributed by atoms with Crippen molar-refractivity contribution in [3.05, 3.63) is 59.0 Å². The summed E-state index contributed by atoms with van der Waals surface area (Å²) in [5, 5.41) is 7.02. The number of nitrogens with zero attached hydrogens (tertiary/aromatic N) is 3. The molecular formula is C22H27N5O4S. The molecule has 170 valence electrons. The fourth-order valence-corrected chi connectivity index (χ4v) is 4.67. The Bertz CT molecular complexity index is 1230. The van der Waals surface area contributed by atoms with Crippen molar-refractivity contribution >= 4 is 27.3 Å². The van der Waals surface area contributed by atoms with Gasteiger partial charge in [-0.15, -0.1) is 0 Å². The lowest BCUT2D eigenvalue weighted by atomic mass is 10.1. The van der Waals surface area contributed by atoms with E-state index in [1.54, 1.807) is 13.1 Å². The molecule has 0 spiro atoms. The monoisotopic (exact) mass is 457 g/mol. The molecule has 3 aromatic rings. The summed E-state index contributed by atoms with van der Waals surface area (Å²) in [6.07, 6.45) is 3.02. The van der Waals surface area contributed by atoms with E-state index in [0.29, 0.717) is 11.4 Å². The number of ether oxygens (including phenoxy) is 1. The van der Waals surface area contributed by atoms with Crippen molar-refractivity contribution in [1.29, 1.82) is 0 Å². The first-order chi connectivity index (χ1) is 15.2. The zero-order chi connectivity index (χ0) is 23.5. The van der Waals surface area contributed by atoms with Gasteiger partial charge in [0.05, 0.1) is 30.4 Å². The highest BCUT2D eigenvalue weighted by atomic mass is 32.2. The molecule has 0 atom stereocenters. The van der Waals surface area contributed by atoms with Crippen LogP contribution in [0.25, 0.3) is 0 Å². The number of aryl methyl sites for hydroxylation is 4. The molecule has 0 unspecified atom stereocenters. The van der Waals surface area contributed by atoms with Gasteiger partial charge in [0.15, 0.2) is 4.90 Å². The number of carbonyl (C=O) groups excluding carboxylic acids is 1. The van der Waals surface area contributed by atoms with Crippen LogP contribution in [0.5, 0.6) is 5.88 Å². The number of hydrogen-bond acceptors (Lipinski definition) is 6. The zero-order valence-corrected chi connectivity index (χ0v) is 19.6. The normalized spacial score (nSPS) is 11.3. The Hall–Kier alpha value is -3.40. The van der Waals surface area contributed by atoms with E-state index in [2.05, 4.69) is 20.1 Å². The topological polar surface area (TPSA) is 115 Å². The van der Waals surface area contributed by atoms with Crippen molar-refractivity contribution in [2.75, 3.05) is 17.1 Å². The third kappa shape index (κ3) is 4.91. The molecule has 2 heterocycles. The van der Waals surface area contributed by atoms with Crippen LogP contribution in [0.2, 0.25) is 0 Å². The number of sulfonamides is 1. The summed E-state index contributed by atoms with van der Waals surface area (Å²) < 4.78 is 35.6. The number of pyridine rings is 1. The molecule has 32 heavy (non-hydrogen) atoms. The molecule has 10 heteroatoms. The van der Waals surface area contributed by atoms with E-state index >= 15 is 0 Å². The number of amides is 1. The molecule has 0 aliphatic carbocycles. The van der Waals surface area contributed by atoms with Crippen LogP contribution in [-0.4, -0.2) is 36.2 Å². The van der Waals surface area contributed by atoms with Crippen LogP contribution in [0.15, 0.2) is 41.4 Å². The Kier molecular flexibility index (Phi) is 6.83. The maximum atomic E-state index is 13.2. The summed E-state index contributed by atoms with van der Waals surface area (Å²) in [5.74, 6) is -0.493. The Balaban J connectivity index is 1.92. The summed E-state index contributed by atoms with van der Waals surface area (Å²) in [4.78, 5) is 16.6. The minimum atomic E-state index is -4.04. The van der Waals surface area contributed by atoms with Gasteiger partial charge in [-0.3, -0.25) is 14.2 Å². The van der Waals surface area contributed by atoms with E-state index < -0.39 is 15.9 Å². The first-order valence-corrected chi connectivity index (χ1v) is 11.6. The van der Waals surface area contributed by atoms with Crippen molar-refractivity contribution in [3.63, 3.8) is 0 Å². The van der Waals surface area contributed by atoms with E-state index in [9.17, 15) is 13.2 Å². The van der Waals surface area contributed by atoms with Crippen LogP contribution in [-0.2, 0) is 23.5 Å². The lowest BCUT2D eigenvalue weighted by molar-refractivity contribution is 0.101. The standard InChI is InChI=1S/C22H27N5O4S/c1-6-8-16-11-18(27(4)25-16)21(28)24-17-12-19(22(31-5)23-13-17)32(29,30)26-20-14(2)9-7-10-15(20)3/h7,9-13,26H,6,8H2,1-5H3,(H,24,28). The van der Waals surface area contributed by atoms with Gasteiger partial charge in [-0.05, 0) is 43.5 Å². The molecule has 9 nitrogen and oxygen atoms in total. The average Bonchev–Trinajstić information content (AvgIpc) is 3.11. The summed E-state index contributed by atoms with van der Waals surface area (Å²) >= 11 is 0. The molecule has 3 rings (SSSR count). The number of methoxy groups -OCH3 is 1. The van der Waals surface area contributed by atoms with Gasteiger partial charge in [-0.1, -0.05) is 31.5 Å². The van der Waals surface area contributed by atoms with Crippen LogP contribution in [0, 0.1) is 13.8 Å². The van der Waals surface area contributed by atoms with E-state index in [4.69, 9.17) is 4.74 Å². The third-order valence-electron chi connectivity index (χ3n) is 4.95. The Morgan fingerprint density at radius 3 is 2.50 bits per heavy atom. The number of anilines is 2. The molecule has 1 amide bonds. The van der Waals surface area contributed by atoms with E-state index in [-0.39, 0.29) is 16.5 Å². The van der Waals surface area contributed by atoms with E-state index in [1.165, 1.54) is 24.1 Å². The summed E-state index contributed by atoms with van der Waals surface area (Å²) in [7, 11) is -1.02. The minimum Gasteiger partial charge on any atom is -0.480 e. The number of para-hydroxylation sites is 1. The maximum Gasteiger partial charge on any atom is 0.273 e. The van der Waals surface area contributed by atoms with Crippen LogP contribution < -0.4 is 14.8 Å². The lowest BCUT2D eigenvalue weighted by Gasteiger charge is -2.15. The van der Waals surface area contributed by atoms with Crippen molar-refractivity contribution in [2.24, 2.45) is 7.05 Å². The molecule has 0 aliphatic heterocycles. The molecule has 0 saturated heterocycles. The van der Waals surface area contributed by atoms with Crippen molar-refractivity contribution < 1.29 is 17.9 Å². The van der Waals surface area contributed by atoms with Crippen LogP contribution in [0.3, 0.4) is 0 Å². The second kappa shape index (κ2) is 9.39. The number of nitrogens with one attached hydrogen (secondary N) is 2. The summed E-state index contributed by atoms with van der Waals surface area (Å²) in [6.45, 7) is 5.67. The third-order valence-corrected chi connectivity index (χ3v) is 6.29. The fraction of sp³-hybridized carbons (Fsp3) is 0.318. The van der Waals surface area contributed by atoms with Crippen LogP contribution in [0.4, 0.5) is 11.4 Å². The highest BCUT2D eigenvalue weighted by Gasteiger charge is 2.24. The van der Waals surface area contributed by atoms with Gasteiger partial charge in [0.1, 0.15) is 5.69 Å². The van der Waals surface area contributed by atoms with Gasteiger partial charge >= 0.3 is 0 Å². The molecule has 2 N–H and O–H groups in total. The first kappa shape index (κ1) is 23.3. The molecule has 0 saturated carbocycles. The molecular weight excluding hydrogens is 430 g/mol. The van der Waals surface area contributed by atoms with Gasteiger partial charge in [-0.25, -0.2) is 13.4 Å². The van der Waals surface area contributed by atoms with Gasteiger partial charge < -0.3 is 10.1 Å². The molecule has 0 aliphatic rings. The Morgan fingerprint density at radius 1 is 1.19 bits per heavy atom. The number of carbonyl (C=O) groups is 1. The van der Waals surface area contributed by atoms with Crippen LogP contribution in [0.1, 0.15) is 40.7 Å². The predicted octanol–water partition coefficient (Wildman–Crippen LogP) is 3.45. The molecule has 0 bridgehead atoms. The van der Waals surface area contributed by atoms with Crippen LogP contribution >= 0.6 is 0 Å². The number of hydrogen-bond donors (Lipinski definition) is 2. The highest BCUT2D eigenvalue weighted by Crippen LogP contribution is 2.29. The number of aromatic nitrogens is 3. The van der Waals surface area contributed by atoms with Gasteiger partial charge in [0, 0.05) is 7.05 Å². The highest BCUT2D eigenvalue weighted by molar-refractivity contribution is 7.92. The maximum absolute atomic E-state index is 13.2. The molecule has 0 radical (unpaired) electrons. The Labute approximate surface area is 187 Å². The Morgan fingerprint density at radius 2 is 1.88 bits per heavy atom. The summed E-state index contributed by atoms with van der Waals surface area (Å²) in [6, 6.07) is 8.53. The second-order valence-corrected chi connectivity index (χ2v) is 9.10. The van der Waals surface area contributed by atoms with Gasteiger partial charge in [0.25, 0.3) is 15.9 Å². The quantitative estimate of drug-likeness (QED) is 0.535. The second-order valence-electron chi connectivity index (χ2n) is 7.45. The fourth-order valence-electron chi connectivity index (χ4n) is 3.32. The number of rotatable bonds is 8. The number of benzene rings is 1. The van der Waals surface area contributed by atoms with Crippen molar-refractivity contribution in [1.82, 2.24) is 14.8 Å². The van der Waals surface area contributed by atoms with Crippen molar-refractivity contribution in [2.45, 2.75) is 38.5 Å².